The molecule has 0 bridgehead atoms. The summed E-state index contributed by atoms with van der Waals surface area (Å²) in [5.41, 5.74) is 3.08. The summed E-state index contributed by atoms with van der Waals surface area (Å²) in [7, 11) is 0. The second kappa shape index (κ2) is 7.71. The molecule has 0 spiro atoms. The van der Waals surface area contributed by atoms with E-state index in [1.54, 1.807) is 11.6 Å². The highest BCUT2D eigenvalue weighted by atomic mass is 32.1. The molecule has 0 atom stereocenters. The lowest BCUT2D eigenvalue weighted by atomic mass is 10.1. The number of aryl methyl sites for hydroxylation is 1. The van der Waals surface area contributed by atoms with Crippen molar-refractivity contribution in [3.05, 3.63) is 58.2 Å². The number of nitrogens with one attached hydrogen (secondary N) is 2. The van der Waals surface area contributed by atoms with Gasteiger partial charge in [0.25, 0.3) is 11.8 Å². The van der Waals surface area contributed by atoms with E-state index in [0.29, 0.717) is 18.0 Å². The Hall–Kier alpha value is -3.00. The van der Waals surface area contributed by atoms with Gasteiger partial charge in [-0.3, -0.25) is 9.59 Å². The van der Waals surface area contributed by atoms with Crippen LogP contribution in [0.3, 0.4) is 0 Å². The monoisotopic (exact) mass is 356 g/mol. The SMILES string of the molecule is Cc1scnc1C(=O)NCCNC(=O)c1cc(-c2ccccc2)on1. The average molecular weight is 356 g/mol. The van der Waals surface area contributed by atoms with Gasteiger partial charge in [0.05, 0.1) is 5.51 Å². The highest BCUT2D eigenvalue weighted by molar-refractivity contribution is 7.09. The third-order valence-corrected chi connectivity index (χ3v) is 4.21. The standard InChI is InChI=1S/C17H16N4O3S/c1-11-15(20-10-25-11)17(23)19-8-7-18-16(22)13-9-14(24-21-13)12-5-3-2-4-6-12/h2-6,9-10H,7-8H2,1H3,(H,18,22)(H,19,23). The maximum Gasteiger partial charge on any atom is 0.273 e. The van der Waals surface area contributed by atoms with Crippen LogP contribution in [0, 0.1) is 6.92 Å². The molecule has 2 heterocycles. The van der Waals surface area contributed by atoms with Crippen molar-refractivity contribution in [3.8, 4) is 11.3 Å². The number of aromatic nitrogens is 2. The van der Waals surface area contributed by atoms with Crippen molar-refractivity contribution in [2.24, 2.45) is 0 Å². The molecule has 128 valence electrons. The minimum atomic E-state index is -0.356. The topological polar surface area (TPSA) is 97.1 Å². The summed E-state index contributed by atoms with van der Waals surface area (Å²) in [6, 6.07) is 11.0. The van der Waals surface area contributed by atoms with Crippen LogP contribution in [0.5, 0.6) is 0 Å². The van der Waals surface area contributed by atoms with Gasteiger partial charge in [0.2, 0.25) is 0 Å². The number of nitrogens with zero attached hydrogens (tertiary/aromatic N) is 2. The molecule has 1 aromatic carbocycles. The molecule has 0 aliphatic heterocycles. The fourth-order valence-electron chi connectivity index (χ4n) is 2.17. The smallest absolute Gasteiger partial charge is 0.273 e. The zero-order valence-electron chi connectivity index (χ0n) is 13.5. The third-order valence-electron chi connectivity index (χ3n) is 3.46. The number of amides is 2. The molecule has 3 rings (SSSR count). The summed E-state index contributed by atoms with van der Waals surface area (Å²) in [6.45, 7) is 2.41. The van der Waals surface area contributed by atoms with Gasteiger partial charge in [0.1, 0.15) is 5.69 Å². The van der Waals surface area contributed by atoms with Gasteiger partial charge in [-0.05, 0) is 6.92 Å². The van der Waals surface area contributed by atoms with Crippen LogP contribution in [0.4, 0.5) is 0 Å². The lowest BCUT2D eigenvalue weighted by molar-refractivity contribution is 0.0920. The number of hydrogen-bond donors (Lipinski definition) is 2. The van der Waals surface area contributed by atoms with Gasteiger partial charge >= 0.3 is 0 Å². The van der Waals surface area contributed by atoms with Gasteiger partial charge < -0.3 is 15.2 Å². The van der Waals surface area contributed by atoms with Crippen molar-refractivity contribution in [2.45, 2.75) is 6.92 Å². The molecular formula is C17H16N4O3S. The lowest BCUT2D eigenvalue weighted by Gasteiger charge is -2.05. The summed E-state index contributed by atoms with van der Waals surface area (Å²) in [4.78, 5) is 28.8. The molecule has 2 aromatic heterocycles. The maximum atomic E-state index is 12.1. The van der Waals surface area contributed by atoms with Crippen LogP contribution in [0.25, 0.3) is 11.3 Å². The second-order valence-electron chi connectivity index (χ2n) is 5.21. The average Bonchev–Trinajstić information content (AvgIpc) is 3.28. The summed E-state index contributed by atoms with van der Waals surface area (Å²) in [6.07, 6.45) is 0. The van der Waals surface area contributed by atoms with Crippen LogP contribution in [0.1, 0.15) is 25.9 Å². The molecule has 0 aliphatic carbocycles. The Morgan fingerprint density at radius 3 is 2.52 bits per heavy atom. The summed E-state index contributed by atoms with van der Waals surface area (Å²) < 4.78 is 5.19. The van der Waals surface area contributed by atoms with E-state index in [-0.39, 0.29) is 24.1 Å². The molecular weight excluding hydrogens is 340 g/mol. The highest BCUT2D eigenvalue weighted by Gasteiger charge is 2.14. The quantitative estimate of drug-likeness (QED) is 0.660. The molecule has 0 aliphatic rings. The Bertz CT molecular complexity index is 873. The molecule has 0 fully saturated rings. The fourth-order valence-corrected chi connectivity index (χ4v) is 2.74. The van der Waals surface area contributed by atoms with Gasteiger partial charge in [-0.25, -0.2) is 4.98 Å². The number of carbonyl (C=O) groups excluding carboxylic acids is 2. The highest BCUT2D eigenvalue weighted by Crippen LogP contribution is 2.19. The first-order valence-electron chi connectivity index (χ1n) is 7.64. The van der Waals surface area contributed by atoms with E-state index in [4.69, 9.17) is 4.52 Å². The lowest BCUT2D eigenvalue weighted by Crippen LogP contribution is -2.35. The predicted molar refractivity (Wildman–Crippen MR) is 93.5 cm³/mol. The van der Waals surface area contributed by atoms with Crippen molar-refractivity contribution in [1.29, 1.82) is 0 Å². The van der Waals surface area contributed by atoms with Crippen molar-refractivity contribution in [1.82, 2.24) is 20.8 Å². The predicted octanol–water partition coefficient (Wildman–Crippen LogP) is 2.27. The molecule has 0 saturated heterocycles. The molecule has 0 unspecified atom stereocenters. The van der Waals surface area contributed by atoms with Crippen molar-refractivity contribution in [2.75, 3.05) is 13.1 Å². The van der Waals surface area contributed by atoms with Gasteiger partial charge in [-0.1, -0.05) is 35.5 Å². The molecule has 25 heavy (non-hydrogen) atoms. The Morgan fingerprint density at radius 1 is 1.12 bits per heavy atom. The van der Waals surface area contributed by atoms with E-state index >= 15 is 0 Å². The Balaban J connectivity index is 1.48. The van der Waals surface area contributed by atoms with Crippen LogP contribution >= 0.6 is 11.3 Å². The van der Waals surface area contributed by atoms with Crippen LogP contribution in [-0.4, -0.2) is 35.0 Å². The zero-order valence-corrected chi connectivity index (χ0v) is 14.3. The zero-order chi connectivity index (χ0) is 17.6. The van der Waals surface area contributed by atoms with Gasteiger partial charge in [0, 0.05) is 29.6 Å². The van der Waals surface area contributed by atoms with Crippen LogP contribution in [0.2, 0.25) is 0 Å². The van der Waals surface area contributed by atoms with Crippen molar-refractivity contribution >= 4 is 23.2 Å². The van der Waals surface area contributed by atoms with Crippen LogP contribution in [-0.2, 0) is 0 Å². The third kappa shape index (κ3) is 4.10. The minimum absolute atomic E-state index is 0.195. The molecule has 3 aromatic rings. The Labute approximate surface area is 148 Å². The van der Waals surface area contributed by atoms with E-state index in [1.807, 2.05) is 37.3 Å². The number of hydrogen-bond acceptors (Lipinski definition) is 6. The van der Waals surface area contributed by atoms with Gasteiger partial charge in [-0.2, -0.15) is 0 Å². The number of thiazole rings is 1. The van der Waals surface area contributed by atoms with Crippen molar-refractivity contribution < 1.29 is 14.1 Å². The van der Waals surface area contributed by atoms with Crippen molar-refractivity contribution in [3.63, 3.8) is 0 Å². The summed E-state index contributed by atoms with van der Waals surface area (Å²) in [5.74, 6) is -0.0797. The van der Waals surface area contributed by atoms with E-state index in [9.17, 15) is 9.59 Å². The van der Waals surface area contributed by atoms with E-state index in [1.165, 1.54) is 11.3 Å². The van der Waals surface area contributed by atoms with E-state index in [2.05, 4.69) is 20.8 Å². The second-order valence-corrected chi connectivity index (χ2v) is 6.27. The summed E-state index contributed by atoms with van der Waals surface area (Å²) >= 11 is 1.41. The van der Waals surface area contributed by atoms with Gasteiger partial charge in [-0.15, -0.1) is 11.3 Å². The Kier molecular flexibility index (Phi) is 5.20. The number of rotatable bonds is 6. The van der Waals surface area contributed by atoms with E-state index in [0.717, 1.165) is 10.4 Å². The minimum Gasteiger partial charge on any atom is -0.355 e. The first kappa shape index (κ1) is 16.8. The molecule has 2 N–H and O–H groups in total. The van der Waals surface area contributed by atoms with Crippen LogP contribution < -0.4 is 10.6 Å². The van der Waals surface area contributed by atoms with E-state index < -0.39 is 0 Å². The fraction of sp³-hybridized carbons (Fsp3) is 0.176. The number of benzene rings is 1. The molecule has 7 nitrogen and oxygen atoms in total. The maximum absolute atomic E-state index is 12.1. The first-order chi connectivity index (χ1) is 12.1. The molecule has 0 radical (unpaired) electrons. The largest absolute Gasteiger partial charge is 0.355 e. The first-order valence-corrected chi connectivity index (χ1v) is 8.51. The Morgan fingerprint density at radius 2 is 1.84 bits per heavy atom. The molecule has 0 saturated carbocycles. The van der Waals surface area contributed by atoms with Gasteiger partial charge in [0.15, 0.2) is 11.5 Å². The summed E-state index contributed by atoms with van der Waals surface area (Å²) in [5, 5.41) is 9.17. The number of carbonyl (C=O) groups is 2. The van der Waals surface area contributed by atoms with Crippen LogP contribution in [0.15, 0.2) is 46.4 Å². The molecule has 2 amide bonds. The normalized spacial score (nSPS) is 10.4. The molecule has 8 heteroatoms.